The Morgan fingerprint density at radius 1 is 1.12 bits per heavy atom. The highest BCUT2D eigenvalue weighted by molar-refractivity contribution is 7.09. The lowest BCUT2D eigenvalue weighted by Gasteiger charge is -2.35. The van der Waals surface area contributed by atoms with Gasteiger partial charge in [-0.2, -0.15) is 0 Å². The van der Waals surface area contributed by atoms with Gasteiger partial charge in [0.2, 0.25) is 0 Å². The molecule has 0 aliphatic carbocycles. The molecule has 24 heavy (non-hydrogen) atoms. The molecule has 1 fully saturated rings. The minimum Gasteiger partial charge on any atom is -0.352 e. The van der Waals surface area contributed by atoms with Crippen molar-refractivity contribution >= 4 is 28.2 Å². The van der Waals surface area contributed by atoms with Crippen LogP contribution in [0.25, 0.3) is 11.0 Å². The zero-order valence-corrected chi connectivity index (χ0v) is 15.0. The topological polar surface area (TPSA) is 37.2 Å². The molecule has 1 aliphatic heterocycles. The Morgan fingerprint density at radius 3 is 2.67 bits per heavy atom. The molecule has 1 aliphatic rings. The first-order valence-corrected chi connectivity index (χ1v) is 9.41. The molecule has 0 atom stereocenters. The lowest BCUT2D eigenvalue weighted by atomic mass is 10.2. The van der Waals surface area contributed by atoms with Crippen LogP contribution in [0.5, 0.6) is 0 Å². The third-order valence-corrected chi connectivity index (χ3v) is 5.52. The minimum atomic E-state index is 0.410. The molecule has 0 aromatic carbocycles. The van der Waals surface area contributed by atoms with E-state index in [1.54, 1.807) is 0 Å². The molecule has 0 bridgehead atoms. The van der Waals surface area contributed by atoms with Crippen LogP contribution in [-0.2, 0) is 6.54 Å². The van der Waals surface area contributed by atoms with Gasteiger partial charge in [-0.3, -0.25) is 4.90 Å². The minimum absolute atomic E-state index is 0.410. The van der Waals surface area contributed by atoms with Crippen molar-refractivity contribution in [2.24, 2.45) is 0 Å². The Balaban J connectivity index is 1.50. The summed E-state index contributed by atoms with van der Waals surface area (Å²) in [5.41, 5.74) is 2.20. The van der Waals surface area contributed by atoms with Crippen molar-refractivity contribution in [1.29, 1.82) is 0 Å². The quantitative estimate of drug-likeness (QED) is 0.729. The second-order valence-corrected chi connectivity index (χ2v) is 7.62. The molecule has 6 heteroatoms. The molecule has 0 unspecified atom stereocenters. The molecule has 4 heterocycles. The number of thiophene rings is 1. The molecule has 3 aromatic heterocycles. The summed E-state index contributed by atoms with van der Waals surface area (Å²) >= 11 is 1.84. The van der Waals surface area contributed by atoms with Crippen LogP contribution in [0.2, 0.25) is 0 Å². The summed E-state index contributed by atoms with van der Waals surface area (Å²) in [6, 6.07) is 6.83. The Hall–Kier alpha value is -1.92. The van der Waals surface area contributed by atoms with Gasteiger partial charge in [-0.25, -0.2) is 9.97 Å². The smallest absolute Gasteiger partial charge is 0.156 e. The number of anilines is 1. The van der Waals surface area contributed by atoms with Gasteiger partial charge in [-0.1, -0.05) is 6.07 Å². The van der Waals surface area contributed by atoms with Gasteiger partial charge in [0, 0.05) is 49.8 Å². The SMILES string of the molecule is CC(C)n1cnc2c(N3CCN(Cc4cccs4)CC3)nccc21. The first kappa shape index (κ1) is 15.6. The Bertz CT molecular complexity index is 800. The number of imidazole rings is 1. The van der Waals surface area contributed by atoms with Crippen molar-refractivity contribution in [2.45, 2.75) is 26.4 Å². The molecule has 1 saturated heterocycles. The first-order valence-electron chi connectivity index (χ1n) is 8.53. The molecular formula is C18H23N5S. The van der Waals surface area contributed by atoms with Crippen molar-refractivity contribution in [3.8, 4) is 0 Å². The number of nitrogens with zero attached hydrogens (tertiary/aromatic N) is 5. The molecule has 0 amide bonds. The van der Waals surface area contributed by atoms with Crippen molar-refractivity contribution in [3.05, 3.63) is 41.0 Å². The third-order valence-electron chi connectivity index (χ3n) is 4.66. The summed E-state index contributed by atoms with van der Waals surface area (Å²) in [4.78, 5) is 15.6. The summed E-state index contributed by atoms with van der Waals surface area (Å²) in [5, 5.41) is 2.15. The van der Waals surface area contributed by atoms with E-state index in [4.69, 9.17) is 0 Å². The van der Waals surface area contributed by atoms with Crippen molar-refractivity contribution < 1.29 is 0 Å². The molecule has 126 valence electrons. The van der Waals surface area contributed by atoms with Crippen molar-refractivity contribution in [2.75, 3.05) is 31.1 Å². The van der Waals surface area contributed by atoms with Gasteiger partial charge in [0.05, 0.1) is 11.8 Å². The van der Waals surface area contributed by atoms with Gasteiger partial charge >= 0.3 is 0 Å². The first-order chi connectivity index (χ1) is 11.7. The van der Waals surface area contributed by atoms with Gasteiger partial charge < -0.3 is 9.47 Å². The highest BCUT2D eigenvalue weighted by Crippen LogP contribution is 2.26. The van der Waals surface area contributed by atoms with Crippen LogP contribution in [0, 0.1) is 0 Å². The van der Waals surface area contributed by atoms with E-state index < -0.39 is 0 Å². The standard InChI is InChI=1S/C18H23N5S/c1-14(2)23-13-20-17-16(23)5-6-19-18(17)22-9-7-21(8-10-22)12-15-4-3-11-24-15/h3-6,11,13-14H,7-10,12H2,1-2H3. The maximum atomic E-state index is 4.64. The summed E-state index contributed by atoms with van der Waals surface area (Å²) in [6.45, 7) is 9.58. The molecular weight excluding hydrogens is 318 g/mol. The lowest BCUT2D eigenvalue weighted by Crippen LogP contribution is -2.46. The molecule has 3 aromatic rings. The Kier molecular flexibility index (Phi) is 4.24. The fourth-order valence-corrected chi connectivity index (χ4v) is 4.08. The van der Waals surface area contributed by atoms with Crippen LogP contribution in [0.4, 0.5) is 5.82 Å². The summed E-state index contributed by atoms with van der Waals surface area (Å²) in [7, 11) is 0. The maximum Gasteiger partial charge on any atom is 0.156 e. The summed E-state index contributed by atoms with van der Waals surface area (Å²) in [5.74, 6) is 1.03. The molecule has 0 spiro atoms. The number of hydrogen-bond donors (Lipinski definition) is 0. The number of pyridine rings is 1. The third kappa shape index (κ3) is 2.91. The second kappa shape index (κ2) is 6.53. The fraction of sp³-hybridized carbons (Fsp3) is 0.444. The molecule has 0 saturated carbocycles. The second-order valence-electron chi connectivity index (χ2n) is 6.59. The van der Waals surface area contributed by atoms with E-state index in [-0.39, 0.29) is 0 Å². The lowest BCUT2D eigenvalue weighted by molar-refractivity contribution is 0.251. The predicted octanol–water partition coefficient (Wildman–Crippen LogP) is 3.40. The average Bonchev–Trinajstić information content (AvgIpc) is 3.24. The molecule has 0 radical (unpaired) electrons. The van der Waals surface area contributed by atoms with E-state index in [1.807, 2.05) is 23.9 Å². The zero-order chi connectivity index (χ0) is 16.5. The predicted molar refractivity (Wildman–Crippen MR) is 99.7 cm³/mol. The molecule has 4 rings (SSSR count). The van der Waals surface area contributed by atoms with Gasteiger partial charge in [0.25, 0.3) is 0 Å². The van der Waals surface area contributed by atoms with Crippen molar-refractivity contribution in [3.63, 3.8) is 0 Å². The van der Waals surface area contributed by atoms with Gasteiger partial charge in [-0.15, -0.1) is 11.3 Å². The Labute approximate surface area is 146 Å². The maximum absolute atomic E-state index is 4.64. The van der Waals surface area contributed by atoms with Crippen LogP contribution < -0.4 is 4.90 Å². The molecule has 0 N–H and O–H groups in total. The summed E-state index contributed by atoms with van der Waals surface area (Å²) < 4.78 is 2.22. The number of rotatable bonds is 4. The van der Waals surface area contributed by atoms with E-state index in [9.17, 15) is 0 Å². The monoisotopic (exact) mass is 341 g/mol. The van der Waals surface area contributed by atoms with E-state index in [0.29, 0.717) is 6.04 Å². The van der Waals surface area contributed by atoms with Gasteiger partial charge in [0.1, 0.15) is 5.52 Å². The van der Waals surface area contributed by atoms with E-state index in [2.05, 4.69) is 61.8 Å². The highest BCUT2D eigenvalue weighted by atomic mass is 32.1. The number of fused-ring (bicyclic) bond motifs is 1. The molecule has 5 nitrogen and oxygen atoms in total. The van der Waals surface area contributed by atoms with Crippen LogP contribution in [0.1, 0.15) is 24.8 Å². The zero-order valence-electron chi connectivity index (χ0n) is 14.2. The van der Waals surface area contributed by atoms with E-state index >= 15 is 0 Å². The van der Waals surface area contributed by atoms with Gasteiger partial charge in [-0.05, 0) is 31.4 Å². The van der Waals surface area contributed by atoms with Gasteiger partial charge in [0.15, 0.2) is 5.82 Å². The normalized spacial score (nSPS) is 16.4. The average molecular weight is 341 g/mol. The number of piperazine rings is 1. The van der Waals surface area contributed by atoms with E-state index in [0.717, 1.165) is 44.1 Å². The van der Waals surface area contributed by atoms with Crippen LogP contribution >= 0.6 is 11.3 Å². The Morgan fingerprint density at radius 2 is 1.96 bits per heavy atom. The van der Waals surface area contributed by atoms with Crippen LogP contribution in [0.15, 0.2) is 36.1 Å². The summed E-state index contributed by atoms with van der Waals surface area (Å²) in [6.07, 6.45) is 3.85. The number of aromatic nitrogens is 3. The van der Waals surface area contributed by atoms with Crippen molar-refractivity contribution in [1.82, 2.24) is 19.4 Å². The highest BCUT2D eigenvalue weighted by Gasteiger charge is 2.21. The fourth-order valence-electron chi connectivity index (χ4n) is 3.33. The number of hydrogen-bond acceptors (Lipinski definition) is 5. The van der Waals surface area contributed by atoms with Crippen LogP contribution in [-0.4, -0.2) is 45.6 Å². The van der Waals surface area contributed by atoms with Crippen LogP contribution in [0.3, 0.4) is 0 Å². The largest absolute Gasteiger partial charge is 0.352 e. The van der Waals surface area contributed by atoms with E-state index in [1.165, 1.54) is 10.4 Å².